The fraction of sp³-hybridized carbons (Fsp3) is 0.600. The van der Waals surface area contributed by atoms with Gasteiger partial charge in [0.05, 0.1) is 0 Å². The van der Waals surface area contributed by atoms with Gasteiger partial charge in [0.1, 0.15) is 11.6 Å². The van der Waals surface area contributed by atoms with E-state index in [9.17, 15) is 9.50 Å². The van der Waals surface area contributed by atoms with Crippen LogP contribution in [0.15, 0.2) is 18.2 Å². The number of hydrogen-bond acceptors (Lipinski definition) is 3. The molecule has 0 aromatic heterocycles. The van der Waals surface area contributed by atoms with Crippen LogP contribution in [0, 0.1) is 11.7 Å². The van der Waals surface area contributed by atoms with Crippen LogP contribution in [0.5, 0.6) is 5.75 Å². The van der Waals surface area contributed by atoms with Gasteiger partial charge in [0, 0.05) is 37.8 Å². The average Bonchev–Trinajstić information content (AvgIpc) is 2.40. The van der Waals surface area contributed by atoms with E-state index in [0.717, 1.165) is 38.2 Å². The Morgan fingerprint density at radius 1 is 1.24 bits per heavy atom. The summed E-state index contributed by atoms with van der Waals surface area (Å²) in [5.41, 5.74) is 0.718. The summed E-state index contributed by atoms with van der Waals surface area (Å²) in [6.45, 7) is 8.09. The van der Waals surface area contributed by atoms with Gasteiger partial charge in [0.2, 0.25) is 0 Å². The first-order valence-electron chi connectivity index (χ1n) is 7.01. The number of phenolic OH excluding ortho intramolecular Hbond substituents is 1. The van der Waals surface area contributed by atoms with Gasteiger partial charge in [-0.05, 0) is 30.5 Å². The highest BCUT2D eigenvalue weighted by atomic mass is 35.5. The smallest absolute Gasteiger partial charge is 0.123 e. The molecule has 2 N–H and O–H groups in total. The van der Waals surface area contributed by atoms with Crippen molar-refractivity contribution < 1.29 is 9.50 Å². The van der Waals surface area contributed by atoms with E-state index in [4.69, 9.17) is 0 Å². The van der Waals surface area contributed by atoms with Gasteiger partial charge < -0.3 is 10.4 Å². The highest BCUT2D eigenvalue weighted by molar-refractivity contribution is 5.85. The molecule has 21 heavy (non-hydrogen) atoms. The molecule has 1 aromatic rings. The molecule has 122 valence electrons. The molecule has 0 saturated carbocycles. The molecule has 0 amide bonds. The van der Waals surface area contributed by atoms with E-state index in [-0.39, 0.29) is 42.4 Å². The van der Waals surface area contributed by atoms with Crippen molar-refractivity contribution in [1.29, 1.82) is 0 Å². The molecule has 0 spiro atoms. The van der Waals surface area contributed by atoms with Crippen molar-refractivity contribution in [2.45, 2.75) is 26.3 Å². The topological polar surface area (TPSA) is 35.5 Å². The van der Waals surface area contributed by atoms with Crippen LogP contribution in [0.4, 0.5) is 4.39 Å². The van der Waals surface area contributed by atoms with Gasteiger partial charge in [-0.2, -0.15) is 0 Å². The molecule has 1 saturated heterocycles. The Hall–Kier alpha value is -0.550. The van der Waals surface area contributed by atoms with E-state index < -0.39 is 0 Å². The quantitative estimate of drug-likeness (QED) is 0.883. The van der Waals surface area contributed by atoms with Crippen molar-refractivity contribution in [3.05, 3.63) is 29.6 Å². The Balaban J connectivity index is 0.00000200. The number of phenols is 1. The van der Waals surface area contributed by atoms with Crippen LogP contribution < -0.4 is 5.32 Å². The van der Waals surface area contributed by atoms with Gasteiger partial charge in [-0.3, -0.25) is 4.90 Å². The van der Waals surface area contributed by atoms with Crippen LogP contribution in [0.3, 0.4) is 0 Å². The second-order valence-corrected chi connectivity index (χ2v) is 5.63. The number of halogens is 3. The first-order chi connectivity index (χ1) is 9.08. The molecule has 6 heteroatoms. The molecule has 2 rings (SSSR count). The standard InChI is InChI=1S/C15H23FN2O.2ClH/c1-11(2)9-14(18-7-5-17-6-8-18)13-10-12(16)3-4-15(13)19;;/h3-4,10-11,14,17,19H,5-9H2,1-2H3;2*1H/t14-;;/m0../s1. The van der Waals surface area contributed by atoms with Crippen LogP contribution >= 0.6 is 24.8 Å². The van der Waals surface area contributed by atoms with Gasteiger partial charge in [0.15, 0.2) is 0 Å². The van der Waals surface area contributed by atoms with Crippen LogP contribution in [0.25, 0.3) is 0 Å². The Bertz CT molecular complexity index is 426. The molecule has 1 atom stereocenters. The number of aromatic hydroxyl groups is 1. The van der Waals surface area contributed by atoms with Gasteiger partial charge in [-0.15, -0.1) is 24.8 Å². The molecular formula is C15H25Cl2FN2O. The first kappa shape index (κ1) is 20.5. The van der Waals surface area contributed by atoms with Crippen LogP contribution in [0.1, 0.15) is 31.9 Å². The molecule has 0 unspecified atom stereocenters. The number of piperazine rings is 1. The third-order valence-electron chi connectivity index (χ3n) is 3.64. The van der Waals surface area contributed by atoms with Gasteiger partial charge >= 0.3 is 0 Å². The van der Waals surface area contributed by atoms with Crippen molar-refractivity contribution in [3.63, 3.8) is 0 Å². The van der Waals surface area contributed by atoms with E-state index >= 15 is 0 Å². The second kappa shape index (κ2) is 9.46. The number of nitrogens with one attached hydrogen (secondary N) is 1. The van der Waals surface area contributed by atoms with Crippen molar-refractivity contribution >= 4 is 24.8 Å². The molecule has 0 aliphatic carbocycles. The lowest BCUT2D eigenvalue weighted by Gasteiger charge is -2.36. The lowest BCUT2D eigenvalue weighted by atomic mass is 9.94. The summed E-state index contributed by atoms with van der Waals surface area (Å²) in [5.74, 6) is 0.421. The zero-order chi connectivity index (χ0) is 13.8. The second-order valence-electron chi connectivity index (χ2n) is 5.63. The molecule has 0 bridgehead atoms. The average molecular weight is 339 g/mol. The predicted molar refractivity (Wildman–Crippen MR) is 89.2 cm³/mol. The maximum atomic E-state index is 13.5. The fourth-order valence-corrected chi connectivity index (χ4v) is 2.71. The summed E-state index contributed by atoms with van der Waals surface area (Å²) in [6, 6.07) is 4.34. The van der Waals surface area contributed by atoms with Gasteiger partial charge in [0.25, 0.3) is 0 Å². The predicted octanol–water partition coefficient (Wildman–Crippen LogP) is 3.37. The Morgan fingerprint density at radius 2 is 1.86 bits per heavy atom. The number of benzene rings is 1. The van der Waals surface area contributed by atoms with Crippen LogP contribution in [-0.4, -0.2) is 36.2 Å². The molecule has 3 nitrogen and oxygen atoms in total. The molecule has 0 radical (unpaired) electrons. The third kappa shape index (κ3) is 5.62. The van der Waals surface area contributed by atoms with Gasteiger partial charge in [-0.25, -0.2) is 4.39 Å². The molecule has 1 aliphatic rings. The minimum absolute atomic E-state index is 0. The highest BCUT2D eigenvalue weighted by Gasteiger charge is 2.25. The van der Waals surface area contributed by atoms with E-state index in [2.05, 4.69) is 24.1 Å². The molecule has 1 aromatic carbocycles. The SMILES string of the molecule is CC(C)C[C@@H](c1cc(F)ccc1O)N1CCNCC1.Cl.Cl. The zero-order valence-electron chi connectivity index (χ0n) is 12.5. The largest absolute Gasteiger partial charge is 0.508 e. The van der Waals surface area contributed by atoms with Crippen molar-refractivity contribution in [1.82, 2.24) is 10.2 Å². The van der Waals surface area contributed by atoms with Crippen LogP contribution in [-0.2, 0) is 0 Å². The third-order valence-corrected chi connectivity index (χ3v) is 3.64. The van der Waals surface area contributed by atoms with Crippen LogP contribution in [0.2, 0.25) is 0 Å². The van der Waals surface area contributed by atoms with Crippen molar-refractivity contribution in [2.75, 3.05) is 26.2 Å². The minimum Gasteiger partial charge on any atom is -0.508 e. The first-order valence-corrected chi connectivity index (χ1v) is 7.01. The molecule has 1 aliphatic heterocycles. The maximum absolute atomic E-state index is 13.5. The maximum Gasteiger partial charge on any atom is 0.123 e. The summed E-state index contributed by atoms with van der Waals surface area (Å²) < 4.78 is 13.5. The van der Waals surface area contributed by atoms with E-state index in [1.165, 1.54) is 18.2 Å². The summed E-state index contributed by atoms with van der Waals surface area (Å²) in [4.78, 5) is 2.34. The van der Waals surface area contributed by atoms with Crippen molar-refractivity contribution in [3.8, 4) is 5.75 Å². The minimum atomic E-state index is -0.281. The lowest BCUT2D eigenvalue weighted by molar-refractivity contribution is 0.151. The van der Waals surface area contributed by atoms with Crippen molar-refractivity contribution in [2.24, 2.45) is 5.92 Å². The fourth-order valence-electron chi connectivity index (χ4n) is 2.71. The number of nitrogens with zero attached hydrogens (tertiary/aromatic N) is 1. The normalized spacial score (nSPS) is 17.0. The monoisotopic (exact) mass is 338 g/mol. The molecular weight excluding hydrogens is 314 g/mol. The van der Waals surface area contributed by atoms with Gasteiger partial charge in [-0.1, -0.05) is 13.8 Å². The van der Waals surface area contributed by atoms with E-state index in [0.29, 0.717) is 5.92 Å². The summed E-state index contributed by atoms with van der Waals surface area (Å²) >= 11 is 0. The van der Waals surface area contributed by atoms with E-state index in [1.54, 1.807) is 0 Å². The Labute approximate surface area is 138 Å². The zero-order valence-corrected chi connectivity index (χ0v) is 14.1. The number of hydrogen-bond donors (Lipinski definition) is 2. The number of rotatable bonds is 4. The molecule has 1 heterocycles. The summed E-state index contributed by atoms with van der Waals surface area (Å²) in [6.07, 6.45) is 0.928. The lowest BCUT2D eigenvalue weighted by Crippen LogP contribution is -2.45. The summed E-state index contributed by atoms with van der Waals surface area (Å²) in [5, 5.41) is 13.4. The Kier molecular flexibility index (Phi) is 9.22. The molecule has 1 fully saturated rings. The van der Waals surface area contributed by atoms with E-state index in [1.807, 2.05) is 0 Å². The highest BCUT2D eigenvalue weighted by Crippen LogP contribution is 2.34. The Morgan fingerprint density at radius 3 is 2.43 bits per heavy atom. The summed E-state index contributed by atoms with van der Waals surface area (Å²) in [7, 11) is 0.